The molecular formula is C10H15NO2S2. The summed E-state index contributed by atoms with van der Waals surface area (Å²) in [6.45, 7) is 0. The van der Waals surface area contributed by atoms with Crippen LogP contribution < -0.4 is 5.73 Å². The Morgan fingerprint density at radius 2 is 2.13 bits per heavy atom. The van der Waals surface area contributed by atoms with E-state index in [0.717, 1.165) is 16.3 Å². The molecule has 0 fully saturated rings. The molecule has 0 aliphatic rings. The Labute approximate surface area is 95.0 Å². The Morgan fingerprint density at radius 3 is 2.73 bits per heavy atom. The van der Waals surface area contributed by atoms with Gasteiger partial charge < -0.3 is 5.73 Å². The van der Waals surface area contributed by atoms with Crippen molar-refractivity contribution in [3.63, 3.8) is 0 Å². The highest BCUT2D eigenvalue weighted by Crippen LogP contribution is 2.20. The van der Waals surface area contributed by atoms with Crippen molar-refractivity contribution in [3.8, 4) is 0 Å². The van der Waals surface area contributed by atoms with Crippen LogP contribution in [0.5, 0.6) is 0 Å². The smallest absolute Gasteiger partial charge is 0.147 e. The summed E-state index contributed by atoms with van der Waals surface area (Å²) >= 11 is 1.63. The number of anilines is 1. The molecule has 0 amide bonds. The van der Waals surface area contributed by atoms with E-state index in [1.165, 1.54) is 6.26 Å². The van der Waals surface area contributed by atoms with Gasteiger partial charge in [-0.15, -0.1) is 11.8 Å². The zero-order valence-corrected chi connectivity index (χ0v) is 10.3. The van der Waals surface area contributed by atoms with Gasteiger partial charge in [0.1, 0.15) is 9.84 Å². The number of rotatable bonds is 5. The van der Waals surface area contributed by atoms with Crippen molar-refractivity contribution in [1.29, 1.82) is 0 Å². The maximum absolute atomic E-state index is 10.9. The predicted molar refractivity (Wildman–Crippen MR) is 65.9 cm³/mol. The first-order valence-corrected chi connectivity index (χ1v) is 7.68. The third-order valence-electron chi connectivity index (χ3n) is 1.79. The van der Waals surface area contributed by atoms with Crippen molar-refractivity contribution < 1.29 is 8.42 Å². The van der Waals surface area contributed by atoms with Gasteiger partial charge in [-0.1, -0.05) is 6.07 Å². The average molecular weight is 245 g/mol. The molecule has 0 aromatic heterocycles. The molecule has 15 heavy (non-hydrogen) atoms. The first kappa shape index (κ1) is 12.4. The molecule has 1 aromatic rings. The summed E-state index contributed by atoms with van der Waals surface area (Å²) in [4.78, 5) is 1.09. The second-order valence-electron chi connectivity index (χ2n) is 3.40. The fourth-order valence-corrected chi connectivity index (χ4v) is 2.89. The van der Waals surface area contributed by atoms with Crippen LogP contribution in [0.1, 0.15) is 6.42 Å². The molecule has 0 saturated carbocycles. The van der Waals surface area contributed by atoms with Crippen LogP contribution in [-0.2, 0) is 9.84 Å². The third-order valence-corrected chi connectivity index (χ3v) is 3.90. The molecule has 0 aliphatic heterocycles. The van der Waals surface area contributed by atoms with Crippen LogP contribution in [0.4, 0.5) is 5.69 Å². The Bertz CT molecular complexity index is 415. The lowest BCUT2D eigenvalue weighted by atomic mass is 10.3. The topological polar surface area (TPSA) is 60.2 Å². The predicted octanol–water partition coefficient (Wildman–Crippen LogP) is 1.80. The molecule has 1 aromatic carbocycles. The van der Waals surface area contributed by atoms with Gasteiger partial charge >= 0.3 is 0 Å². The number of sulfone groups is 1. The van der Waals surface area contributed by atoms with E-state index in [-0.39, 0.29) is 5.75 Å². The molecular weight excluding hydrogens is 230 g/mol. The summed E-state index contributed by atoms with van der Waals surface area (Å²) < 4.78 is 21.7. The highest BCUT2D eigenvalue weighted by molar-refractivity contribution is 7.99. The largest absolute Gasteiger partial charge is 0.399 e. The van der Waals surface area contributed by atoms with Gasteiger partial charge in [-0.2, -0.15) is 0 Å². The summed E-state index contributed by atoms with van der Waals surface area (Å²) in [6, 6.07) is 7.60. The molecule has 0 radical (unpaired) electrons. The van der Waals surface area contributed by atoms with Crippen molar-refractivity contribution in [2.75, 3.05) is 23.5 Å². The van der Waals surface area contributed by atoms with Crippen molar-refractivity contribution in [2.45, 2.75) is 11.3 Å². The first-order valence-electron chi connectivity index (χ1n) is 4.63. The number of hydrogen-bond donors (Lipinski definition) is 1. The van der Waals surface area contributed by atoms with E-state index in [4.69, 9.17) is 5.73 Å². The monoisotopic (exact) mass is 245 g/mol. The molecule has 84 valence electrons. The number of nitrogen functional groups attached to an aromatic ring is 1. The lowest BCUT2D eigenvalue weighted by Gasteiger charge is -2.01. The Kier molecular flexibility index (Phi) is 4.47. The SMILES string of the molecule is CS(=O)(=O)CCCSc1cccc(N)c1. The van der Waals surface area contributed by atoms with Crippen molar-refractivity contribution >= 4 is 27.3 Å². The highest BCUT2D eigenvalue weighted by atomic mass is 32.2. The van der Waals surface area contributed by atoms with Crippen LogP contribution >= 0.6 is 11.8 Å². The second-order valence-corrected chi connectivity index (χ2v) is 6.83. The maximum atomic E-state index is 10.9. The van der Waals surface area contributed by atoms with Crippen molar-refractivity contribution in [1.82, 2.24) is 0 Å². The van der Waals surface area contributed by atoms with Crippen LogP contribution in [0.2, 0.25) is 0 Å². The van der Waals surface area contributed by atoms with Crippen molar-refractivity contribution in [2.24, 2.45) is 0 Å². The Morgan fingerprint density at radius 1 is 1.40 bits per heavy atom. The number of nitrogens with two attached hydrogens (primary N) is 1. The fraction of sp³-hybridized carbons (Fsp3) is 0.400. The number of benzene rings is 1. The molecule has 3 nitrogen and oxygen atoms in total. The van der Waals surface area contributed by atoms with Crippen LogP contribution in [-0.4, -0.2) is 26.2 Å². The molecule has 0 bridgehead atoms. The molecule has 1 rings (SSSR count). The summed E-state index contributed by atoms with van der Waals surface area (Å²) in [7, 11) is -2.82. The minimum absolute atomic E-state index is 0.252. The highest BCUT2D eigenvalue weighted by Gasteiger charge is 2.01. The lowest BCUT2D eigenvalue weighted by Crippen LogP contribution is -2.03. The third kappa shape index (κ3) is 5.69. The van der Waals surface area contributed by atoms with Gasteiger partial charge in [0.25, 0.3) is 0 Å². The van der Waals surface area contributed by atoms with Gasteiger partial charge in [0.15, 0.2) is 0 Å². The van der Waals surface area contributed by atoms with Crippen LogP contribution in [0.15, 0.2) is 29.2 Å². The van der Waals surface area contributed by atoms with E-state index in [9.17, 15) is 8.42 Å². The normalized spacial score (nSPS) is 11.5. The molecule has 0 spiro atoms. The van der Waals surface area contributed by atoms with E-state index >= 15 is 0 Å². The van der Waals surface area contributed by atoms with Gasteiger partial charge in [-0.3, -0.25) is 0 Å². The zero-order chi connectivity index (χ0) is 11.3. The van der Waals surface area contributed by atoms with Gasteiger partial charge in [0, 0.05) is 16.8 Å². The summed E-state index contributed by atoms with van der Waals surface area (Å²) in [5, 5.41) is 0. The van der Waals surface area contributed by atoms with Crippen LogP contribution in [0.25, 0.3) is 0 Å². The second kappa shape index (κ2) is 5.42. The van der Waals surface area contributed by atoms with E-state index in [1.807, 2.05) is 24.3 Å². The molecule has 0 atom stereocenters. The van der Waals surface area contributed by atoms with Crippen LogP contribution in [0.3, 0.4) is 0 Å². The molecule has 0 heterocycles. The molecule has 5 heteroatoms. The van der Waals surface area contributed by atoms with Crippen molar-refractivity contribution in [3.05, 3.63) is 24.3 Å². The molecule has 2 N–H and O–H groups in total. The van der Waals surface area contributed by atoms with Gasteiger partial charge in [-0.05, 0) is 30.4 Å². The Hall–Kier alpha value is -0.680. The molecule has 0 aliphatic carbocycles. The van der Waals surface area contributed by atoms with Gasteiger partial charge in [-0.25, -0.2) is 8.42 Å². The zero-order valence-electron chi connectivity index (χ0n) is 8.64. The fourth-order valence-electron chi connectivity index (χ4n) is 1.12. The van der Waals surface area contributed by atoms with E-state index in [1.54, 1.807) is 11.8 Å². The molecule has 0 unspecified atom stereocenters. The Balaban J connectivity index is 2.32. The minimum atomic E-state index is -2.82. The number of thioether (sulfide) groups is 1. The minimum Gasteiger partial charge on any atom is -0.399 e. The summed E-state index contributed by atoms with van der Waals surface area (Å²) in [5.74, 6) is 1.05. The summed E-state index contributed by atoms with van der Waals surface area (Å²) in [5.41, 5.74) is 6.36. The van der Waals surface area contributed by atoms with E-state index in [2.05, 4.69) is 0 Å². The first-order chi connectivity index (χ1) is 6.97. The van der Waals surface area contributed by atoms with Gasteiger partial charge in [0.05, 0.1) is 5.75 Å². The van der Waals surface area contributed by atoms with Crippen LogP contribution in [0, 0.1) is 0 Å². The van der Waals surface area contributed by atoms with E-state index < -0.39 is 9.84 Å². The number of hydrogen-bond acceptors (Lipinski definition) is 4. The summed E-state index contributed by atoms with van der Waals surface area (Å²) in [6.07, 6.45) is 1.94. The van der Waals surface area contributed by atoms with Gasteiger partial charge in [0.2, 0.25) is 0 Å². The standard InChI is InChI=1S/C10H15NO2S2/c1-15(12,13)7-3-6-14-10-5-2-4-9(11)8-10/h2,4-5,8H,3,6-7,11H2,1H3. The lowest BCUT2D eigenvalue weighted by molar-refractivity contribution is 0.600. The molecule has 0 saturated heterocycles. The van der Waals surface area contributed by atoms with E-state index in [0.29, 0.717) is 6.42 Å². The quantitative estimate of drug-likeness (QED) is 0.488. The average Bonchev–Trinajstić information content (AvgIpc) is 2.11. The maximum Gasteiger partial charge on any atom is 0.147 e.